The van der Waals surface area contributed by atoms with Crippen LogP contribution in [-0.2, 0) is 9.53 Å². The molecule has 0 heterocycles. The molecule has 0 saturated carbocycles. The monoisotopic (exact) mass is 226 g/mol. The molecule has 16 heavy (non-hydrogen) atoms. The van der Waals surface area contributed by atoms with E-state index in [-0.39, 0.29) is 12.4 Å². The molecular formula is C12H15FO3. The van der Waals surface area contributed by atoms with Gasteiger partial charge in [-0.15, -0.1) is 0 Å². The van der Waals surface area contributed by atoms with Gasteiger partial charge in [0, 0.05) is 0 Å². The van der Waals surface area contributed by atoms with Crippen LogP contribution in [0.4, 0.5) is 4.39 Å². The number of esters is 1. The number of halogens is 1. The fraction of sp³-hybridized carbons (Fsp3) is 0.417. The third-order valence-corrected chi connectivity index (χ3v) is 1.97. The standard InChI is InChI=1S/C12H15FO3/c1-4-15-11(14)12(2,3)16-10-8-6-5-7-9(10)13/h5-8H,4H2,1-3H3. The van der Waals surface area contributed by atoms with Crippen LogP contribution in [0.25, 0.3) is 0 Å². The molecule has 0 N–H and O–H groups in total. The third-order valence-electron chi connectivity index (χ3n) is 1.97. The highest BCUT2D eigenvalue weighted by Gasteiger charge is 2.32. The van der Waals surface area contributed by atoms with Crippen LogP contribution in [0.3, 0.4) is 0 Å². The molecule has 0 aromatic heterocycles. The molecule has 0 amide bonds. The van der Waals surface area contributed by atoms with Gasteiger partial charge in [-0.3, -0.25) is 0 Å². The molecule has 3 nitrogen and oxygen atoms in total. The maximum absolute atomic E-state index is 13.3. The number of benzene rings is 1. The molecule has 0 spiro atoms. The third kappa shape index (κ3) is 2.95. The molecule has 1 aromatic rings. The second-order valence-electron chi connectivity index (χ2n) is 3.76. The summed E-state index contributed by atoms with van der Waals surface area (Å²) in [5.41, 5.74) is -1.20. The van der Waals surface area contributed by atoms with Crippen LogP contribution in [0.15, 0.2) is 24.3 Å². The van der Waals surface area contributed by atoms with Gasteiger partial charge in [-0.25, -0.2) is 9.18 Å². The summed E-state index contributed by atoms with van der Waals surface area (Å²) < 4.78 is 23.4. The maximum Gasteiger partial charge on any atom is 0.349 e. The Morgan fingerprint density at radius 3 is 2.56 bits per heavy atom. The average molecular weight is 226 g/mol. The van der Waals surface area contributed by atoms with Crippen molar-refractivity contribution in [3.63, 3.8) is 0 Å². The van der Waals surface area contributed by atoms with E-state index in [1.807, 2.05) is 0 Å². The zero-order chi connectivity index (χ0) is 12.2. The number of carbonyl (C=O) groups excluding carboxylic acids is 1. The lowest BCUT2D eigenvalue weighted by molar-refractivity contribution is -0.158. The predicted octanol–water partition coefficient (Wildman–Crippen LogP) is 2.55. The Hall–Kier alpha value is -1.58. The fourth-order valence-electron chi connectivity index (χ4n) is 1.15. The summed E-state index contributed by atoms with van der Waals surface area (Å²) in [5.74, 6) is -0.973. The molecule has 0 unspecified atom stereocenters. The van der Waals surface area contributed by atoms with Crippen molar-refractivity contribution in [3.8, 4) is 5.75 Å². The van der Waals surface area contributed by atoms with E-state index in [1.54, 1.807) is 19.1 Å². The van der Waals surface area contributed by atoms with Gasteiger partial charge in [-0.05, 0) is 32.9 Å². The smallest absolute Gasteiger partial charge is 0.349 e. The number of hydrogen-bond acceptors (Lipinski definition) is 3. The van der Waals surface area contributed by atoms with Crippen molar-refractivity contribution >= 4 is 5.97 Å². The number of rotatable bonds is 4. The summed E-state index contributed by atoms with van der Waals surface area (Å²) in [5, 5.41) is 0. The largest absolute Gasteiger partial charge is 0.473 e. The summed E-state index contributed by atoms with van der Waals surface area (Å²) in [6.07, 6.45) is 0. The van der Waals surface area contributed by atoms with Crippen LogP contribution < -0.4 is 4.74 Å². The summed E-state index contributed by atoms with van der Waals surface area (Å²) in [6, 6.07) is 5.94. The zero-order valence-electron chi connectivity index (χ0n) is 9.62. The van der Waals surface area contributed by atoms with Crippen molar-refractivity contribution in [1.82, 2.24) is 0 Å². The first-order chi connectivity index (χ1) is 7.47. The molecule has 0 bridgehead atoms. The van der Waals surface area contributed by atoms with Crippen LogP contribution in [0.5, 0.6) is 5.75 Å². The number of carbonyl (C=O) groups is 1. The van der Waals surface area contributed by atoms with E-state index in [1.165, 1.54) is 26.0 Å². The van der Waals surface area contributed by atoms with Gasteiger partial charge in [-0.1, -0.05) is 12.1 Å². The Labute approximate surface area is 94.2 Å². The summed E-state index contributed by atoms with van der Waals surface area (Å²) in [7, 11) is 0. The van der Waals surface area contributed by atoms with Crippen molar-refractivity contribution in [2.75, 3.05) is 6.61 Å². The first-order valence-corrected chi connectivity index (χ1v) is 5.08. The number of para-hydroxylation sites is 1. The van der Waals surface area contributed by atoms with Gasteiger partial charge >= 0.3 is 5.97 Å². The van der Waals surface area contributed by atoms with E-state index >= 15 is 0 Å². The summed E-state index contributed by atoms with van der Waals surface area (Å²) >= 11 is 0. The molecule has 0 aliphatic rings. The van der Waals surface area contributed by atoms with Crippen LogP contribution in [0, 0.1) is 5.82 Å². The molecule has 1 aromatic carbocycles. The second kappa shape index (κ2) is 4.96. The van der Waals surface area contributed by atoms with E-state index in [2.05, 4.69) is 0 Å². The summed E-state index contributed by atoms with van der Waals surface area (Å²) in [4.78, 5) is 11.5. The molecule has 0 saturated heterocycles. The van der Waals surface area contributed by atoms with E-state index in [0.29, 0.717) is 0 Å². The SMILES string of the molecule is CCOC(=O)C(C)(C)Oc1ccccc1F. The zero-order valence-corrected chi connectivity index (χ0v) is 9.62. The summed E-state index contributed by atoms with van der Waals surface area (Å²) in [6.45, 7) is 5.05. The van der Waals surface area contributed by atoms with Crippen LogP contribution in [-0.4, -0.2) is 18.2 Å². The van der Waals surface area contributed by atoms with Crippen molar-refractivity contribution in [1.29, 1.82) is 0 Å². The highest BCUT2D eigenvalue weighted by Crippen LogP contribution is 2.22. The fourth-order valence-corrected chi connectivity index (χ4v) is 1.15. The minimum absolute atomic E-state index is 0.0422. The molecule has 0 fully saturated rings. The topological polar surface area (TPSA) is 35.5 Å². The molecule has 0 radical (unpaired) electrons. The first kappa shape index (κ1) is 12.5. The van der Waals surface area contributed by atoms with E-state index < -0.39 is 17.4 Å². The van der Waals surface area contributed by atoms with E-state index in [0.717, 1.165) is 0 Å². The van der Waals surface area contributed by atoms with Gasteiger partial charge in [0.1, 0.15) is 0 Å². The molecular weight excluding hydrogens is 211 g/mol. The van der Waals surface area contributed by atoms with Crippen molar-refractivity contribution in [3.05, 3.63) is 30.1 Å². The van der Waals surface area contributed by atoms with Crippen LogP contribution in [0.2, 0.25) is 0 Å². The van der Waals surface area contributed by atoms with E-state index in [4.69, 9.17) is 9.47 Å². The molecule has 0 aliphatic heterocycles. The minimum Gasteiger partial charge on any atom is -0.473 e. The Kier molecular flexibility index (Phi) is 3.88. The van der Waals surface area contributed by atoms with Gasteiger partial charge < -0.3 is 9.47 Å². The van der Waals surface area contributed by atoms with Crippen molar-refractivity contribution < 1.29 is 18.7 Å². The number of hydrogen-bond donors (Lipinski definition) is 0. The molecule has 0 aliphatic carbocycles. The molecule has 1 rings (SSSR count). The molecule has 88 valence electrons. The van der Waals surface area contributed by atoms with Crippen LogP contribution in [0.1, 0.15) is 20.8 Å². The average Bonchev–Trinajstić information content (AvgIpc) is 2.21. The Bertz CT molecular complexity index is 374. The lowest BCUT2D eigenvalue weighted by Crippen LogP contribution is -2.39. The lowest BCUT2D eigenvalue weighted by atomic mass is 10.1. The normalized spacial score (nSPS) is 11.0. The lowest BCUT2D eigenvalue weighted by Gasteiger charge is -2.24. The quantitative estimate of drug-likeness (QED) is 0.740. The maximum atomic E-state index is 13.3. The molecule has 0 atom stereocenters. The van der Waals surface area contributed by atoms with Gasteiger partial charge in [0.15, 0.2) is 17.2 Å². The van der Waals surface area contributed by atoms with Crippen LogP contribution >= 0.6 is 0 Å². The van der Waals surface area contributed by atoms with Crippen molar-refractivity contribution in [2.45, 2.75) is 26.4 Å². The van der Waals surface area contributed by atoms with Gasteiger partial charge in [0.25, 0.3) is 0 Å². The van der Waals surface area contributed by atoms with Crippen molar-refractivity contribution in [2.24, 2.45) is 0 Å². The van der Waals surface area contributed by atoms with E-state index in [9.17, 15) is 9.18 Å². The second-order valence-corrected chi connectivity index (χ2v) is 3.76. The minimum atomic E-state index is -1.20. The van der Waals surface area contributed by atoms with Gasteiger partial charge in [0.2, 0.25) is 0 Å². The molecule has 4 heteroatoms. The highest BCUT2D eigenvalue weighted by molar-refractivity contribution is 5.79. The van der Waals surface area contributed by atoms with Gasteiger partial charge in [-0.2, -0.15) is 0 Å². The Morgan fingerprint density at radius 2 is 2.00 bits per heavy atom. The first-order valence-electron chi connectivity index (χ1n) is 5.08. The number of ether oxygens (including phenoxy) is 2. The highest BCUT2D eigenvalue weighted by atomic mass is 19.1. The Balaban J connectivity index is 2.80. The van der Waals surface area contributed by atoms with Gasteiger partial charge in [0.05, 0.1) is 6.61 Å². The Morgan fingerprint density at radius 1 is 1.38 bits per heavy atom. The predicted molar refractivity (Wildman–Crippen MR) is 57.7 cm³/mol.